The van der Waals surface area contributed by atoms with Crippen molar-refractivity contribution in [3.63, 3.8) is 0 Å². The van der Waals surface area contributed by atoms with Gasteiger partial charge in [-0.05, 0) is 24.6 Å². The number of hydrogen-bond donors (Lipinski definition) is 2. The number of sulfonamides is 1. The second-order valence-electron chi connectivity index (χ2n) is 4.06. The monoisotopic (exact) mass is 300 g/mol. The van der Waals surface area contributed by atoms with E-state index < -0.39 is 22.5 Å². The Kier molecular flexibility index (Phi) is 5.23. The number of aryl methyl sites for hydroxylation is 1. The predicted octanol–water partition coefficient (Wildman–Crippen LogP) is 0.405. The van der Waals surface area contributed by atoms with Crippen molar-refractivity contribution in [3.8, 4) is 0 Å². The van der Waals surface area contributed by atoms with E-state index in [4.69, 9.17) is 0 Å². The first-order chi connectivity index (χ1) is 9.26. The third-order valence-corrected chi connectivity index (χ3v) is 3.98. The molecule has 1 aromatic rings. The van der Waals surface area contributed by atoms with Crippen molar-refractivity contribution in [1.29, 1.82) is 0 Å². The van der Waals surface area contributed by atoms with Crippen LogP contribution in [0.5, 0.6) is 0 Å². The maximum Gasteiger partial charge on any atom is 0.320 e. The second-order valence-corrected chi connectivity index (χ2v) is 5.80. The number of amides is 1. The van der Waals surface area contributed by atoms with E-state index in [0.29, 0.717) is 11.3 Å². The molecule has 0 saturated heterocycles. The third-order valence-electron chi connectivity index (χ3n) is 2.43. The summed E-state index contributed by atoms with van der Waals surface area (Å²) in [4.78, 5) is 21.9. The fourth-order valence-electron chi connectivity index (χ4n) is 1.47. The third kappa shape index (κ3) is 4.32. The molecule has 0 aromatic heterocycles. The molecule has 0 heterocycles. The number of methoxy groups -OCH3 is 1. The summed E-state index contributed by atoms with van der Waals surface area (Å²) in [6.07, 6.45) is 0. The van der Waals surface area contributed by atoms with Gasteiger partial charge >= 0.3 is 5.97 Å². The highest BCUT2D eigenvalue weighted by atomic mass is 32.2. The van der Waals surface area contributed by atoms with Gasteiger partial charge in [0.15, 0.2) is 0 Å². The lowest BCUT2D eigenvalue weighted by Gasteiger charge is -2.10. The van der Waals surface area contributed by atoms with Crippen molar-refractivity contribution in [2.45, 2.75) is 18.7 Å². The van der Waals surface area contributed by atoms with Gasteiger partial charge in [0.1, 0.15) is 6.54 Å². The highest BCUT2D eigenvalue weighted by molar-refractivity contribution is 7.89. The van der Waals surface area contributed by atoms with Gasteiger partial charge in [-0.1, -0.05) is 6.07 Å². The van der Waals surface area contributed by atoms with E-state index >= 15 is 0 Å². The first-order valence-electron chi connectivity index (χ1n) is 5.71. The molecular formula is C12H16N2O5S. The van der Waals surface area contributed by atoms with Crippen molar-refractivity contribution >= 4 is 27.6 Å². The van der Waals surface area contributed by atoms with E-state index in [0.717, 1.165) is 0 Å². The zero-order chi connectivity index (χ0) is 15.3. The highest BCUT2D eigenvalue weighted by Gasteiger charge is 2.18. The number of carbonyl (C=O) groups is 2. The molecule has 0 unspecified atom stereocenters. The van der Waals surface area contributed by atoms with Crippen LogP contribution in [0.3, 0.4) is 0 Å². The van der Waals surface area contributed by atoms with Crippen LogP contribution in [-0.4, -0.2) is 33.9 Å². The van der Waals surface area contributed by atoms with Crippen LogP contribution in [-0.2, 0) is 24.3 Å². The van der Waals surface area contributed by atoms with Gasteiger partial charge in [-0.2, -0.15) is 4.72 Å². The lowest BCUT2D eigenvalue weighted by Crippen LogP contribution is -2.30. The summed E-state index contributed by atoms with van der Waals surface area (Å²) in [5.41, 5.74) is 0.859. The van der Waals surface area contributed by atoms with Crippen LogP contribution in [0.25, 0.3) is 0 Å². The Balaban J connectivity index is 3.04. The molecule has 2 N–H and O–H groups in total. The summed E-state index contributed by atoms with van der Waals surface area (Å²) < 4.78 is 30.7. The number of esters is 1. The Hall–Kier alpha value is -1.93. The fraction of sp³-hybridized carbons (Fsp3) is 0.333. The molecule has 7 nitrogen and oxygen atoms in total. The number of hydrogen-bond acceptors (Lipinski definition) is 5. The number of nitrogens with one attached hydrogen (secondary N) is 2. The molecule has 20 heavy (non-hydrogen) atoms. The molecule has 0 atom stereocenters. The van der Waals surface area contributed by atoms with Gasteiger partial charge < -0.3 is 10.1 Å². The summed E-state index contributed by atoms with van der Waals surface area (Å²) in [6.45, 7) is 2.48. The van der Waals surface area contributed by atoms with Gasteiger partial charge in [0.05, 0.1) is 12.0 Å². The Morgan fingerprint density at radius 1 is 1.30 bits per heavy atom. The molecule has 0 saturated carbocycles. The Bertz CT molecular complexity index is 625. The number of rotatable bonds is 5. The summed E-state index contributed by atoms with van der Waals surface area (Å²) in [5, 5.41) is 2.50. The molecule has 0 radical (unpaired) electrons. The number of benzene rings is 1. The van der Waals surface area contributed by atoms with Gasteiger partial charge in [0.25, 0.3) is 0 Å². The lowest BCUT2D eigenvalue weighted by molar-refractivity contribution is -0.139. The normalized spacial score (nSPS) is 10.9. The SMILES string of the molecule is COC(=O)CNS(=O)(=O)c1cc(NC(C)=O)ccc1C. The van der Waals surface area contributed by atoms with Crippen LogP contribution in [0.2, 0.25) is 0 Å². The molecule has 0 aliphatic carbocycles. The summed E-state index contributed by atoms with van der Waals surface area (Å²) >= 11 is 0. The van der Waals surface area contributed by atoms with E-state index in [2.05, 4.69) is 14.8 Å². The fourth-order valence-corrected chi connectivity index (χ4v) is 2.71. The van der Waals surface area contributed by atoms with Gasteiger partial charge in [-0.3, -0.25) is 9.59 Å². The van der Waals surface area contributed by atoms with Crippen LogP contribution in [0, 0.1) is 6.92 Å². The topological polar surface area (TPSA) is 102 Å². The molecule has 110 valence electrons. The molecular weight excluding hydrogens is 284 g/mol. The molecule has 0 aliphatic rings. The Morgan fingerprint density at radius 3 is 2.50 bits per heavy atom. The van der Waals surface area contributed by atoms with Gasteiger partial charge in [-0.15, -0.1) is 0 Å². The lowest BCUT2D eigenvalue weighted by atomic mass is 10.2. The van der Waals surface area contributed by atoms with E-state index in [1.165, 1.54) is 20.1 Å². The van der Waals surface area contributed by atoms with Crippen molar-refractivity contribution < 1.29 is 22.7 Å². The Labute approximate surface area is 117 Å². The van der Waals surface area contributed by atoms with Crippen LogP contribution >= 0.6 is 0 Å². The van der Waals surface area contributed by atoms with Gasteiger partial charge in [0, 0.05) is 12.6 Å². The smallest absolute Gasteiger partial charge is 0.320 e. The second kappa shape index (κ2) is 6.49. The minimum Gasteiger partial charge on any atom is -0.468 e. The van der Waals surface area contributed by atoms with Crippen molar-refractivity contribution in [2.24, 2.45) is 0 Å². The molecule has 0 bridgehead atoms. The molecule has 1 amide bonds. The van der Waals surface area contributed by atoms with E-state index in [1.807, 2.05) is 0 Å². The number of ether oxygens (including phenoxy) is 1. The van der Waals surface area contributed by atoms with Crippen molar-refractivity contribution in [3.05, 3.63) is 23.8 Å². The minimum absolute atomic E-state index is 0.00680. The van der Waals surface area contributed by atoms with E-state index in [9.17, 15) is 18.0 Å². The molecule has 0 aliphatic heterocycles. The van der Waals surface area contributed by atoms with E-state index in [-0.39, 0.29) is 10.8 Å². The zero-order valence-corrected chi connectivity index (χ0v) is 12.2. The average Bonchev–Trinajstić information content (AvgIpc) is 2.37. The summed E-state index contributed by atoms with van der Waals surface area (Å²) in [5.74, 6) is -0.996. The molecule has 1 aromatic carbocycles. The minimum atomic E-state index is -3.86. The molecule has 1 rings (SSSR count). The summed E-state index contributed by atoms with van der Waals surface area (Å²) in [6, 6.07) is 4.49. The standard InChI is InChI=1S/C12H16N2O5S/c1-8-4-5-10(14-9(2)15)6-11(8)20(17,18)13-7-12(16)19-3/h4-6,13H,7H2,1-3H3,(H,14,15). The number of carbonyl (C=O) groups excluding carboxylic acids is 2. The maximum atomic E-state index is 12.1. The first-order valence-corrected chi connectivity index (χ1v) is 7.19. The van der Waals surface area contributed by atoms with Crippen LogP contribution in [0.15, 0.2) is 23.1 Å². The predicted molar refractivity (Wildman–Crippen MR) is 72.7 cm³/mol. The van der Waals surface area contributed by atoms with Gasteiger partial charge in [0.2, 0.25) is 15.9 Å². The molecule has 0 spiro atoms. The quantitative estimate of drug-likeness (QED) is 0.767. The molecule has 0 fully saturated rings. The van der Waals surface area contributed by atoms with E-state index in [1.54, 1.807) is 19.1 Å². The van der Waals surface area contributed by atoms with Crippen LogP contribution in [0.1, 0.15) is 12.5 Å². The highest BCUT2D eigenvalue weighted by Crippen LogP contribution is 2.20. The zero-order valence-electron chi connectivity index (χ0n) is 11.4. The largest absolute Gasteiger partial charge is 0.468 e. The van der Waals surface area contributed by atoms with Gasteiger partial charge in [-0.25, -0.2) is 8.42 Å². The van der Waals surface area contributed by atoms with Crippen molar-refractivity contribution in [2.75, 3.05) is 19.0 Å². The maximum absolute atomic E-state index is 12.1. The average molecular weight is 300 g/mol. The number of anilines is 1. The first kappa shape index (κ1) is 16.1. The van der Waals surface area contributed by atoms with Crippen LogP contribution < -0.4 is 10.0 Å². The van der Waals surface area contributed by atoms with Crippen LogP contribution in [0.4, 0.5) is 5.69 Å². The summed E-state index contributed by atoms with van der Waals surface area (Å²) in [7, 11) is -2.69. The Morgan fingerprint density at radius 2 is 1.95 bits per heavy atom. The molecule has 8 heteroatoms. The van der Waals surface area contributed by atoms with Crippen molar-refractivity contribution in [1.82, 2.24) is 4.72 Å².